The van der Waals surface area contributed by atoms with Gasteiger partial charge in [-0.3, -0.25) is 9.59 Å². The first-order valence-corrected chi connectivity index (χ1v) is 9.18. The number of carboxylic acids is 1. The van der Waals surface area contributed by atoms with Crippen LogP contribution in [0.3, 0.4) is 0 Å². The minimum Gasteiger partial charge on any atom is -0.481 e. The monoisotopic (exact) mass is 309 g/mol. The first-order chi connectivity index (χ1) is 10.7. The molecule has 0 spiro atoms. The van der Waals surface area contributed by atoms with E-state index in [1.54, 1.807) is 0 Å². The summed E-state index contributed by atoms with van der Waals surface area (Å²) in [7, 11) is 0. The van der Waals surface area contributed by atoms with Gasteiger partial charge in [0, 0.05) is 25.4 Å². The van der Waals surface area contributed by atoms with E-state index in [0.717, 1.165) is 25.3 Å². The Bertz CT molecular complexity index is 363. The molecule has 4 heteroatoms. The summed E-state index contributed by atoms with van der Waals surface area (Å²) in [4.78, 5) is 24.9. The van der Waals surface area contributed by atoms with Crippen LogP contribution in [-0.2, 0) is 9.59 Å². The summed E-state index contributed by atoms with van der Waals surface area (Å²) in [6, 6.07) is 0.453. The van der Waals surface area contributed by atoms with Crippen LogP contribution in [0.5, 0.6) is 0 Å². The average molecular weight is 309 g/mol. The maximum Gasteiger partial charge on any atom is 0.303 e. The van der Waals surface area contributed by atoms with Crippen molar-refractivity contribution in [2.75, 3.05) is 6.54 Å². The normalized spacial score (nSPS) is 22.9. The molecule has 1 aliphatic heterocycles. The zero-order valence-corrected chi connectivity index (χ0v) is 13.8. The molecular formula is C18H31NO3. The Morgan fingerprint density at radius 1 is 0.909 bits per heavy atom. The molecule has 0 bridgehead atoms. The maximum atomic E-state index is 12.3. The van der Waals surface area contributed by atoms with Crippen molar-refractivity contribution in [3.8, 4) is 0 Å². The molecule has 0 aromatic heterocycles. The van der Waals surface area contributed by atoms with Crippen LogP contribution in [0, 0.1) is 5.92 Å². The minimum atomic E-state index is -0.765. The molecule has 1 saturated heterocycles. The van der Waals surface area contributed by atoms with Gasteiger partial charge in [0.1, 0.15) is 0 Å². The minimum absolute atomic E-state index is 0.179. The molecule has 1 saturated carbocycles. The van der Waals surface area contributed by atoms with Gasteiger partial charge < -0.3 is 10.0 Å². The summed E-state index contributed by atoms with van der Waals surface area (Å²) in [5.41, 5.74) is 0. The largest absolute Gasteiger partial charge is 0.481 e. The summed E-state index contributed by atoms with van der Waals surface area (Å²) >= 11 is 0. The summed E-state index contributed by atoms with van der Waals surface area (Å²) in [6.07, 6.45) is 13.7. The van der Waals surface area contributed by atoms with E-state index in [0.29, 0.717) is 25.3 Å². The molecule has 2 fully saturated rings. The third-order valence-corrected chi connectivity index (χ3v) is 5.36. The van der Waals surface area contributed by atoms with Crippen LogP contribution >= 0.6 is 0 Å². The Morgan fingerprint density at radius 3 is 2.36 bits per heavy atom. The third kappa shape index (κ3) is 5.62. The quantitative estimate of drug-likeness (QED) is 0.690. The number of likely N-dealkylation sites (tertiary alicyclic amines) is 1. The summed E-state index contributed by atoms with van der Waals surface area (Å²) in [5.74, 6) is 0.373. The molecule has 1 N–H and O–H groups in total. The summed E-state index contributed by atoms with van der Waals surface area (Å²) in [5, 5.41) is 8.63. The molecule has 1 amide bonds. The average Bonchev–Trinajstić information content (AvgIpc) is 2.99. The molecule has 2 aliphatic rings. The Morgan fingerprint density at radius 2 is 1.64 bits per heavy atom. The fourth-order valence-electron chi connectivity index (χ4n) is 4.06. The molecule has 1 aliphatic carbocycles. The van der Waals surface area contributed by atoms with E-state index in [4.69, 9.17) is 5.11 Å². The highest BCUT2D eigenvalue weighted by Crippen LogP contribution is 2.31. The van der Waals surface area contributed by atoms with Crippen molar-refractivity contribution in [1.82, 2.24) is 4.90 Å². The smallest absolute Gasteiger partial charge is 0.303 e. The zero-order chi connectivity index (χ0) is 15.8. The Balaban J connectivity index is 1.67. The molecule has 2 rings (SSSR count). The lowest BCUT2D eigenvalue weighted by molar-refractivity contribution is -0.137. The molecule has 0 aromatic carbocycles. The first kappa shape index (κ1) is 17.3. The second-order valence-electron chi connectivity index (χ2n) is 7.07. The van der Waals surface area contributed by atoms with Gasteiger partial charge in [-0.2, -0.15) is 0 Å². The van der Waals surface area contributed by atoms with Crippen molar-refractivity contribution in [2.45, 2.75) is 89.5 Å². The van der Waals surface area contributed by atoms with E-state index in [9.17, 15) is 9.59 Å². The molecule has 1 heterocycles. The van der Waals surface area contributed by atoms with Crippen molar-refractivity contribution < 1.29 is 14.7 Å². The van der Waals surface area contributed by atoms with Gasteiger partial charge in [0.15, 0.2) is 0 Å². The van der Waals surface area contributed by atoms with Crippen molar-refractivity contribution in [3.63, 3.8) is 0 Å². The van der Waals surface area contributed by atoms with E-state index >= 15 is 0 Å². The van der Waals surface area contributed by atoms with Crippen LogP contribution < -0.4 is 0 Å². The highest BCUT2D eigenvalue weighted by atomic mass is 16.4. The van der Waals surface area contributed by atoms with Crippen molar-refractivity contribution >= 4 is 11.9 Å². The van der Waals surface area contributed by atoms with Gasteiger partial charge in [-0.1, -0.05) is 32.1 Å². The lowest BCUT2D eigenvalue weighted by atomic mass is 9.85. The molecule has 4 nitrogen and oxygen atoms in total. The van der Waals surface area contributed by atoms with E-state index in [-0.39, 0.29) is 12.3 Å². The van der Waals surface area contributed by atoms with Crippen molar-refractivity contribution in [3.05, 3.63) is 0 Å². The van der Waals surface area contributed by atoms with E-state index < -0.39 is 5.97 Å². The predicted molar refractivity (Wildman–Crippen MR) is 86.6 cm³/mol. The van der Waals surface area contributed by atoms with Gasteiger partial charge >= 0.3 is 5.97 Å². The van der Waals surface area contributed by atoms with Crippen molar-refractivity contribution in [1.29, 1.82) is 0 Å². The molecule has 22 heavy (non-hydrogen) atoms. The predicted octanol–water partition coefficient (Wildman–Crippen LogP) is 3.98. The zero-order valence-electron chi connectivity index (χ0n) is 13.8. The van der Waals surface area contributed by atoms with Crippen LogP contribution in [0.2, 0.25) is 0 Å². The molecule has 0 aromatic rings. The summed E-state index contributed by atoms with van der Waals surface area (Å²) < 4.78 is 0. The Hall–Kier alpha value is -1.06. The van der Waals surface area contributed by atoms with Crippen LogP contribution in [-0.4, -0.2) is 34.5 Å². The van der Waals surface area contributed by atoms with Gasteiger partial charge in [-0.15, -0.1) is 0 Å². The van der Waals surface area contributed by atoms with Crippen molar-refractivity contribution in [2.24, 2.45) is 5.92 Å². The number of carbonyl (C=O) groups excluding carboxylic acids is 1. The first-order valence-electron chi connectivity index (χ1n) is 9.18. The lowest BCUT2D eigenvalue weighted by Crippen LogP contribution is -2.35. The topological polar surface area (TPSA) is 57.6 Å². The number of rotatable bonds is 8. The van der Waals surface area contributed by atoms with E-state index in [2.05, 4.69) is 4.90 Å². The standard InChI is InChI=1S/C18H31NO3/c20-17(10-4-5-11-18(21)22)19-14-6-9-16(19)13-12-15-7-2-1-3-8-15/h15-16H,1-14H2,(H,21,22). The second-order valence-corrected chi connectivity index (χ2v) is 7.07. The van der Waals surface area contributed by atoms with Gasteiger partial charge in [0.05, 0.1) is 0 Å². The number of unbranched alkanes of at least 4 members (excludes halogenated alkanes) is 1. The lowest BCUT2D eigenvalue weighted by Gasteiger charge is -2.28. The molecular weight excluding hydrogens is 278 g/mol. The number of carboxylic acid groups (broad SMARTS) is 1. The maximum absolute atomic E-state index is 12.3. The van der Waals surface area contributed by atoms with Gasteiger partial charge in [0.2, 0.25) is 5.91 Å². The number of hydrogen-bond donors (Lipinski definition) is 1. The highest BCUT2D eigenvalue weighted by Gasteiger charge is 2.28. The van der Waals surface area contributed by atoms with Gasteiger partial charge in [-0.05, 0) is 44.4 Å². The highest BCUT2D eigenvalue weighted by molar-refractivity contribution is 5.76. The van der Waals surface area contributed by atoms with Crippen LogP contribution in [0.25, 0.3) is 0 Å². The Kier molecular flexibility index (Phi) is 7.20. The van der Waals surface area contributed by atoms with E-state index in [1.165, 1.54) is 44.9 Å². The molecule has 126 valence electrons. The second kappa shape index (κ2) is 9.16. The number of aliphatic carboxylic acids is 1. The number of amides is 1. The molecule has 0 radical (unpaired) electrons. The fraction of sp³-hybridized carbons (Fsp3) is 0.889. The number of hydrogen-bond acceptors (Lipinski definition) is 2. The van der Waals surface area contributed by atoms with Gasteiger partial charge in [-0.25, -0.2) is 0 Å². The molecule has 1 atom stereocenters. The third-order valence-electron chi connectivity index (χ3n) is 5.36. The number of carbonyl (C=O) groups is 2. The van der Waals surface area contributed by atoms with Gasteiger partial charge in [0.25, 0.3) is 0 Å². The fourth-order valence-corrected chi connectivity index (χ4v) is 4.06. The van der Waals surface area contributed by atoms with E-state index in [1.807, 2.05) is 0 Å². The van der Waals surface area contributed by atoms with Crippen LogP contribution in [0.1, 0.15) is 83.5 Å². The van der Waals surface area contributed by atoms with Crippen LogP contribution in [0.15, 0.2) is 0 Å². The van der Waals surface area contributed by atoms with Crippen LogP contribution in [0.4, 0.5) is 0 Å². The number of nitrogens with zero attached hydrogens (tertiary/aromatic N) is 1. The SMILES string of the molecule is O=C(O)CCCCC(=O)N1CCCC1CCC1CCCCC1. The molecule has 1 unspecified atom stereocenters. The summed E-state index contributed by atoms with van der Waals surface area (Å²) in [6.45, 7) is 0.910. The Labute approximate surface area is 134 Å².